The number of rotatable bonds is 6. The molecule has 2 aliphatic rings. The molecule has 0 aliphatic carbocycles. The number of benzene rings is 1. The van der Waals surface area contributed by atoms with Gasteiger partial charge in [-0.25, -0.2) is 0 Å². The fourth-order valence-corrected chi connectivity index (χ4v) is 5.30. The van der Waals surface area contributed by atoms with Crippen LogP contribution in [-0.4, -0.2) is 53.4 Å². The summed E-state index contributed by atoms with van der Waals surface area (Å²) in [6, 6.07) is 9.66. The van der Waals surface area contributed by atoms with Crippen LogP contribution in [0, 0.1) is 5.92 Å². The van der Waals surface area contributed by atoms with Gasteiger partial charge in [-0.05, 0) is 68.6 Å². The Morgan fingerprint density at radius 2 is 1.69 bits per heavy atom. The first-order chi connectivity index (χ1) is 17.3. The summed E-state index contributed by atoms with van der Waals surface area (Å²) in [5, 5.41) is 5.60. The van der Waals surface area contributed by atoms with E-state index in [1.807, 2.05) is 45.3 Å². The van der Waals surface area contributed by atoms with Gasteiger partial charge in [0.1, 0.15) is 0 Å². The number of aryl methyl sites for hydroxylation is 2. The summed E-state index contributed by atoms with van der Waals surface area (Å²) in [7, 11) is 2.01. The highest BCUT2D eigenvalue weighted by molar-refractivity contribution is 6.39. The monoisotopic (exact) mass is 493 g/mol. The highest BCUT2D eigenvalue weighted by Gasteiger charge is 2.27. The lowest BCUT2D eigenvalue weighted by Gasteiger charge is -2.31. The van der Waals surface area contributed by atoms with Crippen LogP contribution in [-0.2, 0) is 27.9 Å². The summed E-state index contributed by atoms with van der Waals surface area (Å²) in [6.07, 6.45) is 8.56. The second kappa shape index (κ2) is 11.7. The Balaban J connectivity index is 1.42. The average molecular weight is 494 g/mol. The topological polar surface area (TPSA) is 86.7 Å². The Morgan fingerprint density at radius 3 is 2.36 bits per heavy atom. The first-order valence-corrected chi connectivity index (χ1v) is 13.2. The quantitative estimate of drug-likeness (QED) is 0.602. The standard InChI is InChI=1S/C28H39N5O3/c1-20(2)28(36)33-17-8-10-21-12-13-22(18-24(21)33)30-27(35)26(34)29-19-25(23-11-9-14-31(23)3)32-15-6-4-5-7-16-32/h9,11-14,18,20,25H,4-8,10,15-17,19H2,1-3H3,(H,29,34)(H,30,35). The van der Waals surface area contributed by atoms with Gasteiger partial charge < -0.3 is 20.1 Å². The van der Waals surface area contributed by atoms with Gasteiger partial charge in [-0.15, -0.1) is 0 Å². The summed E-state index contributed by atoms with van der Waals surface area (Å²) in [5.74, 6) is -1.40. The zero-order valence-corrected chi connectivity index (χ0v) is 21.8. The SMILES string of the molecule is CC(C)C(=O)N1CCCc2ccc(NC(=O)C(=O)NCC(c3cccn3C)N3CCCCCC3)cc21. The van der Waals surface area contributed by atoms with E-state index in [0.717, 1.165) is 55.7 Å². The Hall–Kier alpha value is -3.13. The van der Waals surface area contributed by atoms with Crippen LogP contribution in [0.15, 0.2) is 36.5 Å². The molecule has 1 unspecified atom stereocenters. The van der Waals surface area contributed by atoms with Crippen molar-refractivity contribution in [2.45, 2.75) is 58.4 Å². The van der Waals surface area contributed by atoms with Crippen LogP contribution < -0.4 is 15.5 Å². The number of fused-ring (bicyclic) bond motifs is 1. The second-order valence-electron chi connectivity index (χ2n) is 10.3. The fourth-order valence-electron chi connectivity index (χ4n) is 5.30. The van der Waals surface area contributed by atoms with E-state index in [2.05, 4.69) is 26.2 Å². The second-order valence-corrected chi connectivity index (χ2v) is 10.3. The Kier molecular flexibility index (Phi) is 8.46. The van der Waals surface area contributed by atoms with Crippen molar-refractivity contribution in [1.29, 1.82) is 0 Å². The summed E-state index contributed by atoms with van der Waals surface area (Å²) in [4.78, 5) is 42.5. The summed E-state index contributed by atoms with van der Waals surface area (Å²) < 4.78 is 2.08. The van der Waals surface area contributed by atoms with Crippen molar-refractivity contribution in [3.63, 3.8) is 0 Å². The zero-order valence-electron chi connectivity index (χ0n) is 21.8. The minimum Gasteiger partial charge on any atom is -0.353 e. The van der Waals surface area contributed by atoms with E-state index in [1.54, 1.807) is 11.0 Å². The predicted molar refractivity (Wildman–Crippen MR) is 142 cm³/mol. The molecule has 2 N–H and O–H groups in total. The summed E-state index contributed by atoms with van der Waals surface area (Å²) in [6.45, 7) is 6.78. The molecule has 8 nitrogen and oxygen atoms in total. The van der Waals surface area contributed by atoms with Crippen LogP contribution >= 0.6 is 0 Å². The van der Waals surface area contributed by atoms with Gasteiger partial charge in [0.15, 0.2) is 0 Å². The first kappa shape index (κ1) is 25.9. The van der Waals surface area contributed by atoms with Crippen molar-refractivity contribution >= 4 is 29.1 Å². The van der Waals surface area contributed by atoms with Gasteiger partial charge >= 0.3 is 11.8 Å². The van der Waals surface area contributed by atoms with Crippen molar-refractivity contribution in [3.8, 4) is 0 Å². The van der Waals surface area contributed by atoms with Gasteiger partial charge in [0.25, 0.3) is 0 Å². The number of carbonyl (C=O) groups excluding carboxylic acids is 3. The molecule has 3 amide bonds. The number of likely N-dealkylation sites (tertiary alicyclic amines) is 1. The summed E-state index contributed by atoms with van der Waals surface area (Å²) in [5.41, 5.74) is 3.55. The molecule has 2 aromatic rings. The molecule has 36 heavy (non-hydrogen) atoms. The molecular weight excluding hydrogens is 454 g/mol. The van der Waals surface area contributed by atoms with Crippen molar-refractivity contribution in [3.05, 3.63) is 47.8 Å². The molecule has 1 aromatic heterocycles. The number of carbonyl (C=O) groups is 3. The number of hydrogen-bond acceptors (Lipinski definition) is 4. The molecular formula is C28H39N5O3. The average Bonchev–Trinajstić information content (AvgIpc) is 3.11. The van der Waals surface area contributed by atoms with E-state index in [1.165, 1.54) is 12.8 Å². The molecule has 0 bridgehead atoms. The van der Waals surface area contributed by atoms with E-state index in [-0.39, 0.29) is 17.9 Å². The smallest absolute Gasteiger partial charge is 0.313 e. The van der Waals surface area contributed by atoms with Crippen molar-refractivity contribution in [1.82, 2.24) is 14.8 Å². The van der Waals surface area contributed by atoms with Crippen LogP contribution in [0.25, 0.3) is 0 Å². The van der Waals surface area contributed by atoms with Crippen LogP contribution in [0.3, 0.4) is 0 Å². The van der Waals surface area contributed by atoms with Crippen molar-refractivity contribution < 1.29 is 14.4 Å². The number of anilines is 2. The zero-order chi connectivity index (χ0) is 25.7. The van der Waals surface area contributed by atoms with E-state index in [0.29, 0.717) is 18.8 Å². The van der Waals surface area contributed by atoms with Crippen molar-refractivity contribution in [2.75, 3.05) is 36.4 Å². The summed E-state index contributed by atoms with van der Waals surface area (Å²) >= 11 is 0. The van der Waals surface area contributed by atoms with Gasteiger partial charge in [0, 0.05) is 49.3 Å². The molecule has 0 spiro atoms. The lowest BCUT2D eigenvalue weighted by atomic mass is 9.99. The number of amides is 3. The largest absolute Gasteiger partial charge is 0.353 e. The molecule has 8 heteroatoms. The highest BCUT2D eigenvalue weighted by Crippen LogP contribution is 2.31. The molecule has 194 valence electrons. The third-order valence-corrected chi connectivity index (χ3v) is 7.29. The molecule has 2 aliphatic heterocycles. The molecule has 1 fully saturated rings. The van der Waals surface area contributed by atoms with Crippen LogP contribution in [0.1, 0.15) is 63.3 Å². The van der Waals surface area contributed by atoms with E-state index >= 15 is 0 Å². The van der Waals surface area contributed by atoms with E-state index in [9.17, 15) is 14.4 Å². The van der Waals surface area contributed by atoms with Gasteiger partial charge in [0.05, 0.1) is 6.04 Å². The normalized spacial score (nSPS) is 17.3. The number of nitrogens with zero attached hydrogens (tertiary/aromatic N) is 3. The maximum atomic E-state index is 12.8. The van der Waals surface area contributed by atoms with Crippen LogP contribution in [0.2, 0.25) is 0 Å². The molecule has 3 heterocycles. The van der Waals surface area contributed by atoms with Crippen LogP contribution in [0.5, 0.6) is 0 Å². The Morgan fingerprint density at radius 1 is 0.944 bits per heavy atom. The fraction of sp³-hybridized carbons (Fsp3) is 0.536. The number of hydrogen-bond donors (Lipinski definition) is 2. The van der Waals surface area contributed by atoms with E-state index in [4.69, 9.17) is 0 Å². The third kappa shape index (κ3) is 5.98. The Bertz CT molecular complexity index is 1080. The maximum Gasteiger partial charge on any atom is 0.313 e. The predicted octanol–water partition coefficient (Wildman–Crippen LogP) is 3.63. The Labute approximate surface area is 214 Å². The molecule has 1 aromatic carbocycles. The van der Waals surface area contributed by atoms with Crippen LogP contribution in [0.4, 0.5) is 11.4 Å². The van der Waals surface area contributed by atoms with Gasteiger partial charge in [0.2, 0.25) is 5.91 Å². The van der Waals surface area contributed by atoms with Gasteiger partial charge in [-0.2, -0.15) is 0 Å². The number of aromatic nitrogens is 1. The lowest BCUT2D eigenvalue weighted by molar-refractivity contribution is -0.136. The molecule has 1 atom stereocenters. The highest BCUT2D eigenvalue weighted by atomic mass is 16.2. The first-order valence-electron chi connectivity index (χ1n) is 13.2. The minimum absolute atomic E-state index is 0.0131. The third-order valence-electron chi connectivity index (χ3n) is 7.29. The maximum absolute atomic E-state index is 12.8. The molecule has 0 saturated carbocycles. The van der Waals surface area contributed by atoms with Gasteiger partial charge in [-0.3, -0.25) is 19.3 Å². The van der Waals surface area contributed by atoms with E-state index < -0.39 is 11.8 Å². The van der Waals surface area contributed by atoms with Crippen molar-refractivity contribution in [2.24, 2.45) is 13.0 Å². The van der Waals surface area contributed by atoms with Gasteiger partial charge in [-0.1, -0.05) is 32.8 Å². The number of nitrogens with one attached hydrogen (secondary N) is 2. The lowest BCUT2D eigenvalue weighted by Crippen LogP contribution is -2.43. The molecule has 4 rings (SSSR count). The minimum atomic E-state index is -0.700. The molecule has 0 radical (unpaired) electrons. The molecule has 1 saturated heterocycles.